The number of hydrogen-bond acceptors (Lipinski definition) is 4. The first kappa shape index (κ1) is 7.39. The van der Waals surface area contributed by atoms with Crippen LogP contribution >= 0.6 is 0 Å². The van der Waals surface area contributed by atoms with Gasteiger partial charge in [0.2, 0.25) is 0 Å². The van der Waals surface area contributed by atoms with E-state index in [1.165, 1.54) is 6.92 Å². The molecule has 0 aromatic rings. The molecule has 48 valence electrons. The molecule has 4 heteroatoms. The van der Waals surface area contributed by atoms with Crippen molar-refractivity contribution in [3.05, 3.63) is 0 Å². The lowest BCUT2D eigenvalue weighted by atomic mass is 10.4. The highest BCUT2D eigenvalue weighted by atomic mass is 16.6. The Morgan fingerprint density at radius 1 is 1.88 bits per heavy atom. The van der Waals surface area contributed by atoms with Crippen molar-refractivity contribution >= 4 is 5.97 Å². The summed E-state index contributed by atoms with van der Waals surface area (Å²) in [6, 6.07) is 0. The van der Waals surface area contributed by atoms with Gasteiger partial charge in [-0.25, -0.2) is 4.79 Å². The third kappa shape index (κ3) is 2.54. The Balaban J connectivity index is 3.33. The van der Waals surface area contributed by atoms with Crippen LogP contribution in [-0.2, 0) is 9.53 Å². The quantitative estimate of drug-likeness (QED) is 0.357. The molecule has 0 saturated heterocycles. The standard InChI is InChI=1S/C4H8O4/c1-3(6)4(7)8-2-5/h3,5-6H,2H2,1H3/t3-/m0/s1. The summed E-state index contributed by atoms with van der Waals surface area (Å²) in [6.07, 6.45) is -1.15. The number of aliphatic hydroxyl groups excluding tert-OH is 2. The van der Waals surface area contributed by atoms with Crippen molar-refractivity contribution in [2.24, 2.45) is 0 Å². The van der Waals surface area contributed by atoms with Crippen LogP contribution in [0.15, 0.2) is 0 Å². The molecule has 0 fully saturated rings. The predicted octanol–water partition coefficient (Wildman–Crippen LogP) is -1.14. The van der Waals surface area contributed by atoms with Gasteiger partial charge in [-0.3, -0.25) is 0 Å². The Hall–Kier alpha value is -0.610. The summed E-state index contributed by atoms with van der Waals surface area (Å²) in [5, 5.41) is 16.3. The highest BCUT2D eigenvalue weighted by molar-refractivity contribution is 5.73. The van der Waals surface area contributed by atoms with Crippen LogP contribution in [0.5, 0.6) is 0 Å². The maximum Gasteiger partial charge on any atom is 0.336 e. The summed E-state index contributed by atoms with van der Waals surface area (Å²) < 4.78 is 3.97. The van der Waals surface area contributed by atoms with Crippen molar-refractivity contribution in [3.63, 3.8) is 0 Å². The monoisotopic (exact) mass is 120 g/mol. The van der Waals surface area contributed by atoms with Crippen LogP contribution in [0.2, 0.25) is 0 Å². The predicted molar refractivity (Wildman–Crippen MR) is 24.9 cm³/mol. The van der Waals surface area contributed by atoms with Gasteiger partial charge in [-0.1, -0.05) is 0 Å². The second kappa shape index (κ2) is 3.40. The van der Waals surface area contributed by atoms with Crippen molar-refractivity contribution < 1.29 is 19.7 Å². The molecule has 0 aromatic carbocycles. The second-order valence-electron chi connectivity index (χ2n) is 1.27. The molecule has 0 saturated carbocycles. The number of aliphatic hydroxyl groups is 2. The number of carbonyl (C=O) groups is 1. The van der Waals surface area contributed by atoms with Crippen molar-refractivity contribution in [1.29, 1.82) is 0 Å². The largest absolute Gasteiger partial charge is 0.437 e. The minimum absolute atomic E-state index is 0.677. The molecule has 1 atom stereocenters. The highest BCUT2D eigenvalue weighted by Crippen LogP contribution is 1.83. The molecule has 2 N–H and O–H groups in total. The Morgan fingerprint density at radius 2 is 2.38 bits per heavy atom. The van der Waals surface area contributed by atoms with E-state index in [1.54, 1.807) is 0 Å². The summed E-state index contributed by atoms with van der Waals surface area (Å²) >= 11 is 0. The number of ether oxygens (including phenoxy) is 1. The molecule has 0 heterocycles. The van der Waals surface area contributed by atoms with Gasteiger partial charge in [-0.15, -0.1) is 0 Å². The minimum Gasteiger partial charge on any atom is -0.437 e. The van der Waals surface area contributed by atoms with E-state index in [0.717, 1.165) is 0 Å². The van der Waals surface area contributed by atoms with Gasteiger partial charge in [0.15, 0.2) is 6.79 Å². The van der Waals surface area contributed by atoms with Crippen LogP contribution in [-0.4, -0.2) is 29.1 Å². The zero-order chi connectivity index (χ0) is 6.57. The van der Waals surface area contributed by atoms with Gasteiger partial charge < -0.3 is 14.9 Å². The molecule has 0 aliphatic heterocycles. The van der Waals surface area contributed by atoms with Gasteiger partial charge in [-0.2, -0.15) is 0 Å². The smallest absolute Gasteiger partial charge is 0.336 e. The Labute approximate surface area is 46.7 Å². The molecular formula is C4H8O4. The first-order valence-electron chi connectivity index (χ1n) is 2.14. The van der Waals surface area contributed by atoms with E-state index in [4.69, 9.17) is 10.2 Å². The van der Waals surface area contributed by atoms with Crippen molar-refractivity contribution in [3.8, 4) is 0 Å². The van der Waals surface area contributed by atoms with Crippen LogP contribution < -0.4 is 0 Å². The van der Waals surface area contributed by atoms with Crippen molar-refractivity contribution in [1.82, 2.24) is 0 Å². The Morgan fingerprint density at radius 3 is 2.50 bits per heavy atom. The fourth-order valence-corrected chi connectivity index (χ4v) is 0.184. The van der Waals surface area contributed by atoms with Crippen LogP contribution in [0, 0.1) is 0 Å². The third-order valence-corrected chi connectivity index (χ3v) is 0.548. The van der Waals surface area contributed by atoms with E-state index in [1.807, 2.05) is 0 Å². The van der Waals surface area contributed by atoms with Crippen molar-refractivity contribution in [2.75, 3.05) is 6.79 Å². The first-order valence-corrected chi connectivity index (χ1v) is 2.14. The van der Waals surface area contributed by atoms with Gasteiger partial charge in [0.1, 0.15) is 6.10 Å². The lowest BCUT2D eigenvalue weighted by molar-refractivity contribution is -0.160. The first-order chi connectivity index (χ1) is 3.68. The molecule has 0 aromatic heterocycles. The summed E-state index contributed by atoms with van der Waals surface area (Å²) in [7, 11) is 0. The zero-order valence-electron chi connectivity index (χ0n) is 4.50. The number of hydrogen-bond donors (Lipinski definition) is 2. The van der Waals surface area contributed by atoms with Crippen LogP contribution in [0.1, 0.15) is 6.92 Å². The van der Waals surface area contributed by atoms with E-state index in [0.29, 0.717) is 0 Å². The van der Waals surface area contributed by atoms with E-state index < -0.39 is 18.9 Å². The zero-order valence-corrected chi connectivity index (χ0v) is 4.50. The lowest BCUT2D eigenvalue weighted by Crippen LogP contribution is -2.19. The van der Waals surface area contributed by atoms with Crippen LogP contribution in [0.4, 0.5) is 0 Å². The molecule has 0 radical (unpaired) electrons. The average molecular weight is 120 g/mol. The fourth-order valence-electron chi connectivity index (χ4n) is 0.184. The van der Waals surface area contributed by atoms with Crippen molar-refractivity contribution in [2.45, 2.75) is 13.0 Å². The van der Waals surface area contributed by atoms with E-state index in [2.05, 4.69) is 4.74 Å². The molecule has 0 aliphatic carbocycles. The van der Waals surface area contributed by atoms with E-state index in [9.17, 15) is 4.79 Å². The maximum absolute atomic E-state index is 10.1. The van der Waals surface area contributed by atoms with Gasteiger partial charge in [0.25, 0.3) is 0 Å². The average Bonchev–Trinajstić information content (AvgIpc) is 1.67. The van der Waals surface area contributed by atoms with E-state index in [-0.39, 0.29) is 0 Å². The lowest BCUT2D eigenvalue weighted by Gasteiger charge is -2.00. The van der Waals surface area contributed by atoms with Crippen LogP contribution in [0.3, 0.4) is 0 Å². The second-order valence-corrected chi connectivity index (χ2v) is 1.27. The topological polar surface area (TPSA) is 66.8 Å². The van der Waals surface area contributed by atoms with Gasteiger partial charge in [0, 0.05) is 0 Å². The Bertz CT molecular complexity index is 78.1. The number of esters is 1. The molecule has 4 nitrogen and oxygen atoms in total. The minimum atomic E-state index is -1.15. The molecule has 0 rings (SSSR count). The number of carbonyl (C=O) groups excluding carboxylic acids is 1. The molecular weight excluding hydrogens is 112 g/mol. The molecule has 0 bridgehead atoms. The molecule has 0 aliphatic rings. The molecule has 8 heavy (non-hydrogen) atoms. The summed E-state index contributed by atoms with van der Waals surface area (Å²) in [5.41, 5.74) is 0. The maximum atomic E-state index is 10.1. The van der Waals surface area contributed by atoms with Gasteiger partial charge in [-0.05, 0) is 6.92 Å². The summed E-state index contributed by atoms with van der Waals surface area (Å²) in [4.78, 5) is 10.1. The highest BCUT2D eigenvalue weighted by Gasteiger charge is 2.07. The SMILES string of the molecule is C[C@H](O)C(=O)OCO. The fraction of sp³-hybridized carbons (Fsp3) is 0.750. The van der Waals surface area contributed by atoms with Crippen LogP contribution in [0.25, 0.3) is 0 Å². The van der Waals surface area contributed by atoms with E-state index >= 15 is 0 Å². The molecule has 0 unspecified atom stereocenters. The summed E-state index contributed by atoms with van der Waals surface area (Å²) in [6.45, 7) is 0.585. The third-order valence-electron chi connectivity index (χ3n) is 0.548. The molecule has 0 spiro atoms. The Kier molecular flexibility index (Phi) is 3.14. The molecule has 0 amide bonds. The van der Waals surface area contributed by atoms with Gasteiger partial charge in [0.05, 0.1) is 0 Å². The summed E-state index contributed by atoms with van der Waals surface area (Å²) in [5.74, 6) is -0.812. The normalized spacial score (nSPS) is 12.9. The van der Waals surface area contributed by atoms with Gasteiger partial charge >= 0.3 is 5.97 Å². The number of rotatable bonds is 2.